The van der Waals surface area contributed by atoms with Crippen LogP contribution in [0.4, 0.5) is 5.69 Å². The van der Waals surface area contributed by atoms with Crippen LogP contribution in [0.3, 0.4) is 0 Å². The molecule has 2 heterocycles. The number of amides is 1. The van der Waals surface area contributed by atoms with E-state index in [1.54, 1.807) is 55.3 Å². The summed E-state index contributed by atoms with van der Waals surface area (Å²) in [5, 5.41) is 7.58. The number of benzene rings is 2. The van der Waals surface area contributed by atoms with Crippen molar-refractivity contribution < 1.29 is 23.7 Å². The van der Waals surface area contributed by atoms with Crippen LogP contribution in [0, 0.1) is 0 Å². The predicted molar refractivity (Wildman–Crippen MR) is 124 cm³/mol. The van der Waals surface area contributed by atoms with Crippen molar-refractivity contribution in [3.8, 4) is 34.3 Å². The number of carbonyl (C=O) groups is 1. The number of anilines is 1. The number of methoxy groups -OCH3 is 4. The van der Waals surface area contributed by atoms with E-state index >= 15 is 0 Å². The van der Waals surface area contributed by atoms with Crippen LogP contribution in [0.5, 0.6) is 23.0 Å². The Morgan fingerprint density at radius 2 is 1.61 bits per heavy atom. The zero-order chi connectivity index (χ0) is 23.5. The van der Waals surface area contributed by atoms with Gasteiger partial charge in [0.05, 0.1) is 44.8 Å². The second kappa shape index (κ2) is 9.25. The summed E-state index contributed by atoms with van der Waals surface area (Å²) >= 11 is 6.21. The van der Waals surface area contributed by atoms with Gasteiger partial charge in [0.15, 0.2) is 22.8 Å². The van der Waals surface area contributed by atoms with Gasteiger partial charge in [-0.2, -0.15) is 5.10 Å². The number of hydrogen-bond acceptors (Lipinski definition) is 7. The third-order valence-electron chi connectivity index (χ3n) is 4.99. The molecule has 0 bridgehead atoms. The van der Waals surface area contributed by atoms with Gasteiger partial charge in [-0.15, -0.1) is 0 Å². The monoisotopic (exact) mass is 468 g/mol. The van der Waals surface area contributed by atoms with Gasteiger partial charge in [-0.25, -0.2) is 9.50 Å². The molecule has 0 saturated carbocycles. The number of aromatic nitrogens is 3. The van der Waals surface area contributed by atoms with Crippen molar-refractivity contribution in [1.82, 2.24) is 14.6 Å². The first-order chi connectivity index (χ1) is 16.0. The van der Waals surface area contributed by atoms with Crippen LogP contribution >= 0.6 is 11.6 Å². The van der Waals surface area contributed by atoms with Crippen molar-refractivity contribution in [2.45, 2.75) is 0 Å². The Balaban J connectivity index is 1.70. The van der Waals surface area contributed by atoms with E-state index in [0.29, 0.717) is 39.4 Å². The molecule has 0 atom stereocenters. The number of hydrogen-bond donors (Lipinski definition) is 1. The molecule has 10 heteroatoms. The fourth-order valence-electron chi connectivity index (χ4n) is 3.36. The van der Waals surface area contributed by atoms with E-state index in [1.165, 1.54) is 14.2 Å². The molecule has 4 aromatic rings. The normalized spacial score (nSPS) is 10.7. The molecule has 0 unspecified atom stereocenters. The lowest BCUT2D eigenvalue weighted by molar-refractivity contribution is 0.102. The van der Waals surface area contributed by atoms with Crippen LogP contribution in [-0.4, -0.2) is 48.9 Å². The predicted octanol–water partition coefficient (Wildman–Crippen LogP) is 4.34. The molecule has 2 aromatic carbocycles. The summed E-state index contributed by atoms with van der Waals surface area (Å²) in [6.07, 6.45) is 1.65. The Bertz CT molecular complexity index is 1340. The Morgan fingerprint density at radius 1 is 0.879 bits per heavy atom. The van der Waals surface area contributed by atoms with Gasteiger partial charge < -0.3 is 24.3 Å². The first kappa shape index (κ1) is 22.2. The molecule has 2 aromatic heterocycles. The number of carbonyl (C=O) groups excluding carboxylic acids is 1. The molecule has 1 N–H and O–H groups in total. The fraction of sp³-hybridized carbons (Fsp3) is 0.174. The smallest absolute Gasteiger partial charge is 0.276 e. The lowest BCUT2D eigenvalue weighted by Gasteiger charge is -2.12. The van der Waals surface area contributed by atoms with Crippen LogP contribution < -0.4 is 24.3 Å². The van der Waals surface area contributed by atoms with Gasteiger partial charge in [-0.1, -0.05) is 11.6 Å². The quantitative estimate of drug-likeness (QED) is 0.431. The molecular weight excluding hydrogens is 448 g/mol. The van der Waals surface area contributed by atoms with Gasteiger partial charge in [-0.05, 0) is 30.3 Å². The van der Waals surface area contributed by atoms with Crippen molar-refractivity contribution in [2.24, 2.45) is 0 Å². The molecule has 0 saturated heterocycles. The summed E-state index contributed by atoms with van der Waals surface area (Å²) in [6.45, 7) is 0. The fourth-order valence-corrected chi connectivity index (χ4v) is 3.61. The molecule has 9 nitrogen and oxygen atoms in total. The zero-order valence-electron chi connectivity index (χ0n) is 18.4. The average Bonchev–Trinajstić information content (AvgIpc) is 3.28. The Kier molecular flexibility index (Phi) is 6.23. The molecule has 0 fully saturated rings. The van der Waals surface area contributed by atoms with Crippen molar-refractivity contribution in [2.75, 3.05) is 33.8 Å². The first-order valence-electron chi connectivity index (χ1n) is 9.79. The standard InChI is InChI=1S/C23H21ClN4O5/c1-30-18-6-5-13(9-21(18)33-4)17-7-8-25-22-11-16(27-28(17)22)23(29)26-15-10-14(24)19(31-2)12-20(15)32-3/h5-12H,1-4H3,(H,26,29). The minimum absolute atomic E-state index is 0.171. The van der Waals surface area contributed by atoms with E-state index in [2.05, 4.69) is 15.4 Å². The number of halogens is 1. The van der Waals surface area contributed by atoms with E-state index in [9.17, 15) is 4.79 Å². The molecule has 0 aliphatic rings. The largest absolute Gasteiger partial charge is 0.495 e. The van der Waals surface area contributed by atoms with Crippen LogP contribution in [0.15, 0.2) is 48.7 Å². The summed E-state index contributed by atoms with van der Waals surface area (Å²) < 4.78 is 22.8. The molecule has 0 aliphatic carbocycles. The second-order valence-electron chi connectivity index (χ2n) is 6.84. The summed E-state index contributed by atoms with van der Waals surface area (Å²) in [5.41, 5.74) is 2.61. The Morgan fingerprint density at radius 3 is 2.30 bits per heavy atom. The van der Waals surface area contributed by atoms with Gasteiger partial charge in [0.1, 0.15) is 11.5 Å². The number of rotatable bonds is 7. The highest BCUT2D eigenvalue weighted by atomic mass is 35.5. The van der Waals surface area contributed by atoms with Gasteiger partial charge in [-0.3, -0.25) is 4.79 Å². The highest BCUT2D eigenvalue weighted by Gasteiger charge is 2.18. The minimum Gasteiger partial charge on any atom is -0.495 e. The van der Waals surface area contributed by atoms with E-state index < -0.39 is 5.91 Å². The van der Waals surface area contributed by atoms with Crippen LogP contribution in [-0.2, 0) is 0 Å². The number of nitrogens with one attached hydrogen (secondary N) is 1. The Hall–Kier alpha value is -3.98. The molecule has 0 spiro atoms. The van der Waals surface area contributed by atoms with Crippen molar-refractivity contribution in [3.63, 3.8) is 0 Å². The van der Waals surface area contributed by atoms with Crippen molar-refractivity contribution in [1.29, 1.82) is 0 Å². The van der Waals surface area contributed by atoms with Crippen LogP contribution in [0.25, 0.3) is 16.9 Å². The number of nitrogens with zero attached hydrogens (tertiary/aromatic N) is 3. The van der Waals surface area contributed by atoms with E-state index in [0.717, 1.165) is 11.3 Å². The maximum atomic E-state index is 13.0. The molecule has 0 aliphatic heterocycles. The first-order valence-corrected chi connectivity index (χ1v) is 10.2. The maximum Gasteiger partial charge on any atom is 0.276 e. The number of ether oxygens (including phenoxy) is 4. The second-order valence-corrected chi connectivity index (χ2v) is 7.25. The molecule has 0 radical (unpaired) electrons. The van der Waals surface area contributed by atoms with Crippen molar-refractivity contribution >= 4 is 28.8 Å². The summed E-state index contributed by atoms with van der Waals surface area (Å²) in [5.74, 6) is 1.58. The summed E-state index contributed by atoms with van der Waals surface area (Å²) in [7, 11) is 6.13. The van der Waals surface area contributed by atoms with Gasteiger partial charge in [0.2, 0.25) is 0 Å². The minimum atomic E-state index is -0.446. The van der Waals surface area contributed by atoms with Crippen LogP contribution in [0.2, 0.25) is 5.02 Å². The van der Waals surface area contributed by atoms with E-state index in [1.807, 2.05) is 12.1 Å². The number of fused-ring (bicyclic) bond motifs is 1. The average molecular weight is 469 g/mol. The summed E-state index contributed by atoms with van der Waals surface area (Å²) in [4.78, 5) is 17.3. The highest BCUT2D eigenvalue weighted by molar-refractivity contribution is 6.32. The lowest BCUT2D eigenvalue weighted by Crippen LogP contribution is -2.13. The highest BCUT2D eigenvalue weighted by Crippen LogP contribution is 2.36. The third kappa shape index (κ3) is 4.22. The zero-order valence-corrected chi connectivity index (χ0v) is 19.1. The molecule has 1 amide bonds. The van der Waals surface area contributed by atoms with Gasteiger partial charge >= 0.3 is 0 Å². The molecular formula is C23H21ClN4O5. The van der Waals surface area contributed by atoms with E-state index in [-0.39, 0.29) is 5.69 Å². The lowest BCUT2D eigenvalue weighted by atomic mass is 10.1. The van der Waals surface area contributed by atoms with Crippen LogP contribution in [0.1, 0.15) is 10.5 Å². The van der Waals surface area contributed by atoms with Crippen molar-refractivity contribution in [3.05, 3.63) is 59.4 Å². The SMILES string of the molecule is COc1cc(OC)c(NC(=O)c2cc3nccc(-c4ccc(OC)c(OC)c4)n3n2)cc1Cl. The summed E-state index contributed by atoms with van der Waals surface area (Å²) in [6, 6.07) is 12.1. The van der Waals surface area contributed by atoms with Gasteiger partial charge in [0.25, 0.3) is 5.91 Å². The Labute approximate surface area is 194 Å². The topological polar surface area (TPSA) is 96.2 Å². The molecule has 4 rings (SSSR count). The van der Waals surface area contributed by atoms with Gasteiger partial charge in [0, 0.05) is 23.9 Å². The molecule has 33 heavy (non-hydrogen) atoms. The molecule has 170 valence electrons. The maximum absolute atomic E-state index is 13.0. The third-order valence-corrected chi connectivity index (χ3v) is 5.29. The van der Waals surface area contributed by atoms with E-state index in [4.69, 9.17) is 30.5 Å².